The molecule has 0 bridgehead atoms. The molecule has 1 aromatic rings. The Labute approximate surface area is 149 Å². The maximum atomic E-state index is 13.5. The van der Waals surface area contributed by atoms with Crippen LogP contribution in [-0.2, 0) is 14.8 Å². The Hall–Kier alpha value is -0.970. The maximum absolute atomic E-state index is 13.5. The Bertz CT molecular complexity index is 738. The van der Waals surface area contributed by atoms with Crippen LogP contribution in [0.25, 0.3) is 4.83 Å². The third kappa shape index (κ3) is 4.60. The molecule has 0 saturated carbocycles. The van der Waals surface area contributed by atoms with E-state index in [0.29, 0.717) is 0 Å². The van der Waals surface area contributed by atoms with Gasteiger partial charge < -0.3 is 4.83 Å². The summed E-state index contributed by atoms with van der Waals surface area (Å²) < 4.78 is 124. The van der Waals surface area contributed by atoms with Crippen LogP contribution in [0.15, 0.2) is 24.5 Å². The van der Waals surface area contributed by atoms with Crippen LogP contribution in [0.2, 0.25) is 0 Å². The molecule has 25 heavy (non-hydrogen) atoms. The highest BCUT2D eigenvalue weighted by Crippen LogP contribution is 2.49. The fourth-order valence-electron chi connectivity index (χ4n) is 1.23. The average molecular weight is 514 g/mol. The molecule has 0 saturated heterocycles. The number of rotatable bonds is 7. The molecule has 0 unspecified atom stereocenters. The molecule has 0 spiro atoms. The van der Waals surface area contributed by atoms with Crippen molar-refractivity contribution in [2.24, 2.45) is 0 Å². The number of nitrogens with zero attached hydrogens (tertiary/aromatic N) is 2. The number of pyridine rings is 1. The predicted octanol–water partition coefficient (Wildman–Crippen LogP) is 3.57. The fourth-order valence-corrected chi connectivity index (χ4v) is 2.14. The van der Waals surface area contributed by atoms with Crippen LogP contribution >= 0.6 is 22.6 Å². The highest BCUT2D eigenvalue weighted by atomic mass is 127. The Kier molecular flexibility index (Phi) is 5.86. The van der Waals surface area contributed by atoms with E-state index in [0.717, 1.165) is 18.5 Å². The molecule has 15 heteroatoms. The number of sulfonamides is 1. The first kappa shape index (κ1) is 22.1. The van der Waals surface area contributed by atoms with E-state index >= 15 is 0 Å². The van der Waals surface area contributed by atoms with Gasteiger partial charge in [0.05, 0.1) is 0 Å². The molecular formula is C10H7F8IN2O3S. The van der Waals surface area contributed by atoms with E-state index in [1.165, 1.54) is 13.0 Å². The van der Waals surface area contributed by atoms with Crippen molar-refractivity contribution in [3.8, 4) is 0 Å². The topological polar surface area (TPSA) is 61.3 Å². The minimum atomic E-state index is -6.52. The van der Waals surface area contributed by atoms with Gasteiger partial charge in [-0.1, -0.05) is 0 Å². The predicted molar refractivity (Wildman–Crippen MR) is 73.9 cm³/mol. The van der Waals surface area contributed by atoms with E-state index < -0.39 is 31.4 Å². The van der Waals surface area contributed by atoms with Crippen molar-refractivity contribution in [3.63, 3.8) is 0 Å². The maximum Gasteiger partial charge on any atom is 0.438 e. The van der Waals surface area contributed by atoms with Crippen molar-refractivity contribution in [3.05, 3.63) is 34.9 Å². The number of ether oxygens (including phenoxy) is 1. The summed E-state index contributed by atoms with van der Waals surface area (Å²) in [6.07, 6.45) is -11.0. The molecule has 0 atom stereocenters. The van der Waals surface area contributed by atoms with E-state index in [-0.39, 0.29) is 32.8 Å². The summed E-state index contributed by atoms with van der Waals surface area (Å²) in [7, 11) is -6.51. The second-order valence-electron chi connectivity index (χ2n) is 4.47. The summed E-state index contributed by atoms with van der Waals surface area (Å²) in [5, 5.41) is -6.37. The molecule has 0 N–H and O–H groups in total. The van der Waals surface area contributed by atoms with E-state index in [1.54, 1.807) is 0 Å². The first-order valence-electron chi connectivity index (χ1n) is 5.79. The molecule has 0 aliphatic heterocycles. The fraction of sp³-hybridized carbons (Fsp3) is 0.500. The smallest absolute Gasteiger partial charge is 0.317 e. The third-order valence-corrected chi connectivity index (χ3v) is 4.30. The van der Waals surface area contributed by atoms with Crippen molar-refractivity contribution < 1.29 is 53.0 Å². The van der Waals surface area contributed by atoms with E-state index in [1.807, 2.05) is 0 Å². The monoisotopic (exact) mass is 514 g/mol. The van der Waals surface area contributed by atoms with Crippen LogP contribution in [-0.4, -0.2) is 29.8 Å². The molecule has 1 heterocycles. The largest absolute Gasteiger partial charge is 0.438 e. The standard InChI is InChI=1S/C10H7F8IN2O3S/c1-6-3-2-4-21(5-6)20-25(22,23)10(17,18)9(15,16)24-8(13,14)7(11,12)19/h2-5H,1H3. The lowest BCUT2D eigenvalue weighted by atomic mass is 10.3. The van der Waals surface area contributed by atoms with Gasteiger partial charge in [0, 0.05) is 34.2 Å². The summed E-state index contributed by atoms with van der Waals surface area (Å²) in [6.45, 7) is 1.37. The van der Waals surface area contributed by atoms with Crippen LogP contribution in [0, 0.1) is 6.92 Å². The molecular weight excluding hydrogens is 507 g/mol. The highest BCUT2D eigenvalue weighted by molar-refractivity contribution is 14.1. The normalized spacial score (nSPS) is 14.5. The number of hydrogen-bond acceptors (Lipinski definition) is 3. The van der Waals surface area contributed by atoms with Crippen molar-refractivity contribution >= 4 is 32.6 Å². The molecule has 0 fully saturated rings. The van der Waals surface area contributed by atoms with Crippen molar-refractivity contribution in [1.82, 2.24) is 0 Å². The molecule has 0 aliphatic rings. The van der Waals surface area contributed by atoms with Gasteiger partial charge in [-0.05, 0) is 13.0 Å². The summed E-state index contributed by atoms with van der Waals surface area (Å²) in [5.41, 5.74) is 0.281. The lowest BCUT2D eigenvalue weighted by Crippen LogP contribution is -2.55. The van der Waals surface area contributed by atoms with E-state index in [4.69, 9.17) is 0 Å². The van der Waals surface area contributed by atoms with Gasteiger partial charge in [0.15, 0.2) is 12.4 Å². The molecule has 0 aromatic carbocycles. The quantitative estimate of drug-likeness (QED) is 0.242. The molecule has 0 amide bonds. The summed E-state index contributed by atoms with van der Waals surface area (Å²) in [4.78, 5) is 2.33. The Morgan fingerprint density at radius 1 is 1.08 bits per heavy atom. The summed E-state index contributed by atoms with van der Waals surface area (Å²) in [5.74, 6) is 0. The van der Waals surface area contributed by atoms with Gasteiger partial charge in [-0.25, -0.2) is 17.8 Å². The molecule has 0 aliphatic carbocycles. The van der Waals surface area contributed by atoms with Crippen LogP contribution < -0.4 is 4.68 Å². The zero-order valence-electron chi connectivity index (χ0n) is 11.7. The Morgan fingerprint density at radius 3 is 2.04 bits per heavy atom. The van der Waals surface area contributed by atoms with Crippen LogP contribution in [0.1, 0.15) is 5.56 Å². The second-order valence-corrected chi connectivity index (χ2v) is 7.45. The zero-order valence-corrected chi connectivity index (χ0v) is 14.7. The first-order chi connectivity index (χ1) is 10.9. The Morgan fingerprint density at radius 2 is 1.60 bits per heavy atom. The second kappa shape index (κ2) is 6.64. The molecule has 1 aromatic heterocycles. The van der Waals surface area contributed by atoms with Gasteiger partial charge in [-0.2, -0.15) is 35.1 Å². The van der Waals surface area contributed by atoms with Gasteiger partial charge in [0.1, 0.15) is 0 Å². The van der Waals surface area contributed by atoms with Crippen molar-refractivity contribution in [1.29, 1.82) is 0 Å². The van der Waals surface area contributed by atoms with E-state index in [2.05, 4.69) is 9.57 Å². The molecule has 144 valence electrons. The number of aromatic nitrogens is 1. The highest BCUT2D eigenvalue weighted by Gasteiger charge is 2.72. The number of hydrogen-bond donors (Lipinski definition) is 0. The lowest BCUT2D eigenvalue weighted by molar-refractivity contribution is -0.614. The average Bonchev–Trinajstić information content (AvgIpc) is 2.34. The van der Waals surface area contributed by atoms with Crippen LogP contribution in [0.4, 0.5) is 35.1 Å². The van der Waals surface area contributed by atoms with Crippen LogP contribution in [0.5, 0.6) is 0 Å². The number of alkyl halides is 9. The van der Waals surface area contributed by atoms with Crippen molar-refractivity contribution in [2.45, 2.75) is 28.3 Å². The molecule has 5 nitrogen and oxygen atoms in total. The number of aryl methyl sites for hydroxylation is 1. The van der Waals surface area contributed by atoms with Gasteiger partial charge in [-0.3, -0.25) is 0 Å². The SMILES string of the molecule is Cc1ccc[n+]([N-]S(=O)(=O)C(F)(F)C(F)(F)OC(F)(F)C(F)(F)I)c1. The lowest BCUT2D eigenvalue weighted by Gasteiger charge is -2.32. The summed E-state index contributed by atoms with van der Waals surface area (Å²) in [6, 6.07) is 2.49. The van der Waals surface area contributed by atoms with Gasteiger partial charge >= 0.3 is 21.4 Å². The van der Waals surface area contributed by atoms with Gasteiger partial charge in [0.25, 0.3) is 0 Å². The molecule has 0 radical (unpaired) electrons. The zero-order chi connectivity index (χ0) is 19.9. The Balaban J connectivity index is 3.19. The summed E-state index contributed by atoms with van der Waals surface area (Å²) >= 11 is -0.333. The van der Waals surface area contributed by atoms with Crippen LogP contribution in [0.3, 0.4) is 0 Å². The van der Waals surface area contributed by atoms with E-state index in [9.17, 15) is 43.5 Å². The first-order valence-corrected chi connectivity index (χ1v) is 8.31. The molecule has 1 rings (SSSR count). The van der Waals surface area contributed by atoms with Crippen molar-refractivity contribution in [2.75, 3.05) is 0 Å². The minimum absolute atomic E-state index is 0.194. The number of halogens is 9. The van der Waals surface area contributed by atoms with Gasteiger partial charge in [-0.15, -0.1) is 0 Å². The third-order valence-electron chi connectivity index (χ3n) is 2.38. The minimum Gasteiger partial charge on any atom is -0.317 e. The van der Waals surface area contributed by atoms with Gasteiger partial charge in [0.2, 0.25) is 10.0 Å².